The molecule has 2 N–H and O–H groups in total. The topological polar surface area (TPSA) is 124 Å². The van der Waals surface area contributed by atoms with Gasteiger partial charge in [0.15, 0.2) is 5.89 Å². The van der Waals surface area contributed by atoms with Crippen molar-refractivity contribution in [3.8, 4) is 11.3 Å². The predicted octanol–water partition coefficient (Wildman–Crippen LogP) is 4.60. The average molecular weight is 466 g/mol. The van der Waals surface area contributed by atoms with Crippen LogP contribution < -0.4 is 10.6 Å². The molecular formula is C23H23FN6O4. The third kappa shape index (κ3) is 5.03. The maximum Gasteiger partial charge on any atom is 0.411 e. The number of aryl methyl sites for hydroxylation is 2. The highest BCUT2D eigenvalue weighted by molar-refractivity contribution is 6.03. The van der Waals surface area contributed by atoms with Crippen LogP contribution in [-0.4, -0.2) is 38.0 Å². The Labute approximate surface area is 194 Å². The van der Waals surface area contributed by atoms with Gasteiger partial charge in [0.1, 0.15) is 5.82 Å². The molecule has 0 aliphatic carbocycles. The first-order valence-corrected chi connectivity index (χ1v) is 10.5. The molecule has 2 amide bonds. The molecule has 11 heteroatoms. The normalized spacial score (nSPS) is 11.1. The van der Waals surface area contributed by atoms with Crippen LogP contribution in [0.3, 0.4) is 0 Å². The zero-order chi connectivity index (χ0) is 24.4. The SMILES string of the molecule is Cc1nc(C)c(C(=O)Nc2ccc(F)c(-c3cn4cc(NC(=O)OCC(C)C)cnc4n3)c2)o1. The average Bonchev–Trinajstić information content (AvgIpc) is 3.35. The molecule has 3 aromatic heterocycles. The molecule has 3 heterocycles. The van der Waals surface area contributed by atoms with E-state index in [2.05, 4.69) is 25.6 Å². The van der Waals surface area contributed by atoms with Crippen molar-refractivity contribution in [3.05, 3.63) is 60.0 Å². The fourth-order valence-corrected chi connectivity index (χ4v) is 3.20. The van der Waals surface area contributed by atoms with E-state index >= 15 is 0 Å². The minimum Gasteiger partial charge on any atom is -0.449 e. The number of aromatic nitrogens is 4. The van der Waals surface area contributed by atoms with Gasteiger partial charge in [-0.05, 0) is 31.0 Å². The van der Waals surface area contributed by atoms with Crippen LogP contribution in [0.2, 0.25) is 0 Å². The number of carbonyl (C=O) groups excluding carboxylic acids is 2. The van der Waals surface area contributed by atoms with Gasteiger partial charge in [-0.25, -0.2) is 24.1 Å². The van der Waals surface area contributed by atoms with Gasteiger partial charge in [0.2, 0.25) is 11.5 Å². The lowest BCUT2D eigenvalue weighted by Gasteiger charge is -2.08. The Hall–Kier alpha value is -4.28. The van der Waals surface area contributed by atoms with E-state index in [0.29, 0.717) is 41.0 Å². The van der Waals surface area contributed by atoms with E-state index in [0.717, 1.165) is 0 Å². The number of nitrogens with one attached hydrogen (secondary N) is 2. The number of benzene rings is 1. The molecule has 0 atom stereocenters. The number of fused-ring (bicyclic) bond motifs is 1. The molecule has 4 rings (SSSR count). The summed E-state index contributed by atoms with van der Waals surface area (Å²) in [4.78, 5) is 37.0. The van der Waals surface area contributed by atoms with Crippen LogP contribution >= 0.6 is 0 Å². The lowest BCUT2D eigenvalue weighted by molar-refractivity contribution is 0.0994. The highest BCUT2D eigenvalue weighted by Crippen LogP contribution is 2.26. The Morgan fingerprint density at radius 3 is 2.65 bits per heavy atom. The molecule has 4 aromatic rings. The zero-order valence-electron chi connectivity index (χ0n) is 19.0. The number of carbonyl (C=O) groups is 2. The van der Waals surface area contributed by atoms with Crippen LogP contribution in [0.4, 0.5) is 20.6 Å². The van der Waals surface area contributed by atoms with Crippen LogP contribution in [0.25, 0.3) is 17.0 Å². The second-order valence-electron chi connectivity index (χ2n) is 8.09. The van der Waals surface area contributed by atoms with Crippen molar-refractivity contribution in [3.63, 3.8) is 0 Å². The molecule has 0 saturated heterocycles. The summed E-state index contributed by atoms with van der Waals surface area (Å²) in [5.74, 6) is -0.0374. The minimum absolute atomic E-state index is 0.0901. The number of oxazole rings is 1. The third-order valence-electron chi connectivity index (χ3n) is 4.71. The molecular weight excluding hydrogens is 443 g/mol. The van der Waals surface area contributed by atoms with E-state index in [1.807, 2.05) is 13.8 Å². The van der Waals surface area contributed by atoms with Crippen molar-refractivity contribution in [2.75, 3.05) is 17.2 Å². The predicted molar refractivity (Wildman–Crippen MR) is 122 cm³/mol. The Kier molecular flexibility index (Phi) is 6.26. The summed E-state index contributed by atoms with van der Waals surface area (Å²) in [6.45, 7) is 7.47. The van der Waals surface area contributed by atoms with E-state index in [-0.39, 0.29) is 17.2 Å². The molecule has 0 aliphatic rings. The molecule has 0 saturated carbocycles. The van der Waals surface area contributed by atoms with Crippen LogP contribution in [0.1, 0.15) is 36.0 Å². The first kappa shape index (κ1) is 22.9. The van der Waals surface area contributed by atoms with Gasteiger partial charge in [0.25, 0.3) is 5.91 Å². The van der Waals surface area contributed by atoms with Gasteiger partial charge in [0, 0.05) is 30.6 Å². The van der Waals surface area contributed by atoms with Crippen molar-refractivity contribution in [2.24, 2.45) is 5.92 Å². The van der Waals surface area contributed by atoms with Gasteiger partial charge in [-0.15, -0.1) is 0 Å². The molecule has 0 bridgehead atoms. The summed E-state index contributed by atoms with van der Waals surface area (Å²) in [6, 6.07) is 4.14. The summed E-state index contributed by atoms with van der Waals surface area (Å²) in [5, 5.41) is 5.28. The molecule has 0 aliphatic heterocycles. The number of nitrogens with zero attached hydrogens (tertiary/aromatic N) is 4. The van der Waals surface area contributed by atoms with E-state index in [1.165, 1.54) is 24.4 Å². The fraction of sp³-hybridized carbons (Fsp3) is 0.261. The molecule has 176 valence electrons. The molecule has 0 radical (unpaired) electrons. The summed E-state index contributed by atoms with van der Waals surface area (Å²) >= 11 is 0. The van der Waals surface area contributed by atoms with Crippen LogP contribution in [0, 0.1) is 25.6 Å². The quantitative estimate of drug-likeness (QED) is 0.426. The number of rotatable bonds is 6. The van der Waals surface area contributed by atoms with Gasteiger partial charge < -0.3 is 14.5 Å². The van der Waals surface area contributed by atoms with Crippen molar-refractivity contribution in [1.82, 2.24) is 19.4 Å². The lowest BCUT2D eigenvalue weighted by atomic mass is 10.1. The Morgan fingerprint density at radius 2 is 1.94 bits per heavy atom. The number of halogens is 1. The highest BCUT2D eigenvalue weighted by atomic mass is 19.1. The van der Waals surface area contributed by atoms with Gasteiger partial charge in [0.05, 0.1) is 29.9 Å². The summed E-state index contributed by atoms with van der Waals surface area (Å²) in [6.07, 6.45) is 3.99. The monoisotopic (exact) mass is 466 g/mol. The third-order valence-corrected chi connectivity index (χ3v) is 4.71. The fourth-order valence-electron chi connectivity index (χ4n) is 3.20. The van der Waals surface area contributed by atoms with Crippen LogP contribution in [0.15, 0.2) is 41.2 Å². The Balaban J connectivity index is 1.55. The standard InChI is InChI=1S/C23H23FN6O4/c1-12(2)11-33-23(32)28-16-8-25-22-29-19(10-30(22)9-16)17-7-15(5-6-18(17)24)27-21(31)20-13(3)26-14(4)34-20/h5-10,12H,11H2,1-4H3,(H,27,31)(H,28,32). The zero-order valence-corrected chi connectivity index (χ0v) is 19.0. The summed E-state index contributed by atoms with van der Waals surface area (Å²) in [5.41, 5.74) is 1.67. The maximum atomic E-state index is 14.6. The number of ether oxygens (including phenoxy) is 1. The van der Waals surface area contributed by atoms with Crippen molar-refractivity contribution in [2.45, 2.75) is 27.7 Å². The van der Waals surface area contributed by atoms with Crippen molar-refractivity contribution in [1.29, 1.82) is 0 Å². The van der Waals surface area contributed by atoms with Crippen LogP contribution in [-0.2, 0) is 4.74 Å². The molecule has 0 spiro atoms. The number of hydrogen-bond donors (Lipinski definition) is 2. The first-order chi connectivity index (χ1) is 16.2. The lowest BCUT2D eigenvalue weighted by Crippen LogP contribution is -2.17. The number of hydrogen-bond acceptors (Lipinski definition) is 7. The van der Waals surface area contributed by atoms with Crippen molar-refractivity contribution >= 4 is 29.2 Å². The smallest absolute Gasteiger partial charge is 0.411 e. The number of imidazole rings is 1. The molecule has 1 aromatic carbocycles. The van der Waals surface area contributed by atoms with E-state index in [1.54, 1.807) is 30.6 Å². The molecule has 0 fully saturated rings. The van der Waals surface area contributed by atoms with E-state index in [9.17, 15) is 14.0 Å². The number of amides is 2. The van der Waals surface area contributed by atoms with Crippen LogP contribution in [0.5, 0.6) is 0 Å². The Morgan fingerprint density at radius 1 is 1.15 bits per heavy atom. The number of anilines is 2. The highest BCUT2D eigenvalue weighted by Gasteiger charge is 2.18. The van der Waals surface area contributed by atoms with Gasteiger partial charge in [-0.2, -0.15) is 0 Å². The van der Waals surface area contributed by atoms with E-state index < -0.39 is 17.8 Å². The summed E-state index contributed by atoms with van der Waals surface area (Å²) in [7, 11) is 0. The Bertz CT molecular complexity index is 1380. The minimum atomic E-state index is -0.595. The second-order valence-corrected chi connectivity index (χ2v) is 8.09. The maximum absolute atomic E-state index is 14.6. The van der Waals surface area contributed by atoms with Gasteiger partial charge in [-0.3, -0.25) is 14.5 Å². The van der Waals surface area contributed by atoms with Gasteiger partial charge in [-0.1, -0.05) is 13.8 Å². The molecule has 34 heavy (non-hydrogen) atoms. The largest absolute Gasteiger partial charge is 0.449 e. The second kappa shape index (κ2) is 9.30. The molecule has 0 unspecified atom stereocenters. The first-order valence-electron chi connectivity index (χ1n) is 10.5. The summed E-state index contributed by atoms with van der Waals surface area (Å²) < 4.78 is 26.6. The molecule has 10 nitrogen and oxygen atoms in total. The van der Waals surface area contributed by atoms with Crippen molar-refractivity contribution < 1.29 is 23.1 Å². The van der Waals surface area contributed by atoms with E-state index in [4.69, 9.17) is 9.15 Å². The van der Waals surface area contributed by atoms with Gasteiger partial charge >= 0.3 is 6.09 Å².